The molecule has 0 aliphatic rings. The Balaban J connectivity index is 1.17. The summed E-state index contributed by atoms with van der Waals surface area (Å²) < 4.78 is 14.9. The molecule has 11 rings (SSSR count). The van der Waals surface area contributed by atoms with Gasteiger partial charge in [0.2, 0.25) is 0 Å². The molecule has 0 aliphatic heterocycles. The Morgan fingerprint density at radius 1 is 0.340 bits per heavy atom. The Morgan fingerprint density at radius 3 is 1.74 bits per heavy atom. The normalized spacial score (nSPS) is 12.0. The summed E-state index contributed by atoms with van der Waals surface area (Å²) in [6, 6.07) is 60.3. The van der Waals surface area contributed by atoms with Crippen molar-refractivity contribution in [2.45, 2.75) is 0 Å². The number of hydrogen-bond donors (Lipinski definition) is 0. The first-order valence-corrected chi connectivity index (χ1v) is 16.9. The highest BCUT2D eigenvalue weighted by molar-refractivity contribution is 6.12. The standard InChI is InChI=1S/C46H28N2O2/c1-2-10-31(11-3-1)48-41-15-7-4-12-35(41)36-22-20-34(28-42(36)48)47(33-21-23-45-40(27-33)38-14-6-8-16-43(38)49-45)32-19-18-29-25-39-37-13-5-9-17-44(37)50-46(39)26-30(29)24-32/h1-28H. The molecule has 0 unspecified atom stereocenters. The summed E-state index contributed by atoms with van der Waals surface area (Å²) in [7, 11) is 0. The van der Waals surface area contributed by atoms with Crippen molar-refractivity contribution in [1.29, 1.82) is 0 Å². The molecule has 0 atom stereocenters. The smallest absolute Gasteiger partial charge is 0.136 e. The number of anilines is 3. The van der Waals surface area contributed by atoms with E-state index in [1.54, 1.807) is 0 Å². The second kappa shape index (κ2) is 10.4. The van der Waals surface area contributed by atoms with Gasteiger partial charge >= 0.3 is 0 Å². The number of rotatable bonds is 4. The predicted octanol–water partition coefficient (Wildman–Crippen LogP) is 13.2. The SMILES string of the molecule is c1ccc(-n2c3ccccc3c3ccc(N(c4ccc5cc6c(cc5c4)oc4ccccc46)c4ccc5oc6ccccc6c5c4)cc32)cc1. The fraction of sp³-hybridized carbons (Fsp3) is 0. The third kappa shape index (κ3) is 3.99. The Hall–Kier alpha value is -6.78. The van der Waals surface area contributed by atoms with E-state index >= 15 is 0 Å². The summed E-state index contributed by atoms with van der Waals surface area (Å²) in [5.74, 6) is 0. The van der Waals surface area contributed by atoms with Crippen LogP contribution in [0.5, 0.6) is 0 Å². The lowest BCUT2D eigenvalue weighted by Gasteiger charge is -2.26. The molecule has 4 nitrogen and oxygen atoms in total. The summed E-state index contributed by atoms with van der Waals surface area (Å²) >= 11 is 0. The minimum atomic E-state index is 0.875. The van der Waals surface area contributed by atoms with Crippen molar-refractivity contribution in [1.82, 2.24) is 4.57 Å². The van der Waals surface area contributed by atoms with Crippen LogP contribution >= 0.6 is 0 Å². The van der Waals surface area contributed by atoms with Gasteiger partial charge in [-0.25, -0.2) is 0 Å². The van der Waals surface area contributed by atoms with Gasteiger partial charge in [-0.05, 0) is 95.7 Å². The van der Waals surface area contributed by atoms with Gasteiger partial charge in [-0.2, -0.15) is 0 Å². The van der Waals surface area contributed by atoms with Crippen LogP contribution in [0.3, 0.4) is 0 Å². The predicted molar refractivity (Wildman–Crippen MR) is 208 cm³/mol. The van der Waals surface area contributed by atoms with Gasteiger partial charge in [0.15, 0.2) is 0 Å². The number of para-hydroxylation sites is 4. The molecule has 8 aromatic carbocycles. The van der Waals surface area contributed by atoms with Crippen LogP contribution in [0.25, 0.3) is 82.1 Å². The molecule has 0 saturated heterocycles. The molecule has 234 valence electrons. The van der Waals surface area contributed by atoms with E-state index in [9.17, 15) is 0 Å². The zero-order chi connectivity index (χ0) is 32.8. The Labute approximate surface area is 286 Å². The van der Waals surface area contributed by atoms with Gasteiger partial charge < -0.3 is 18.3 Å². The van der Waals surface area contributed by atoms with Gasteiger partial charge in [-0.15, -0.1) is 0 Å². The maximum atomic E-state index is 6.32. The summed E-state index contributed by atoms with van der Waals surface area (Å²) in [5, 5.41) is 9.21. The number of nitrogens with zero attached hydrogens (tertiary/aromatic N) is 2. The maximum absolute atomic E-state index is 6.32. The molecular weight excluding hydrogens is 613 g/mol. The van der Waals surface area contributed by atoms with Crippen LogP contribution in [0.4, 0.5) is 17.1 Å². The fourth-order valence-electron chi connectivity index (χ4n) is 7.85. The molecule has 0 aliphatic carbocycles. The monoisotopic (exact) mass is 640 g/mol. The quantitative estimate of drug-likeness (QED) is 0.192. The average molecular weight is 641 g/mol. The summed E-state index contributed by atoms with van der Waals surface area (Å²) in [6.07, 6.45) is 0. The number of aromatic nitrogens is 1. The topological polar surface area (TPSA) is 34.5 Å². The molecule has 3 heterocycles. The summed E-state index contributed by atoms with van der Waals surface area (Å²) in [6.45, 7) is 0. The van der Waals surface area contributed by atoms with Crippen molar-refractivity contribution in [3.05, 3.63) is 170 Å². The Bertz CT molecular complexity index is 3110. The minimum Gasteiger partial charge on any atom is -0.456 e. The second-order valence-electron chi connectivity index (χ2n) is 13.0. The molecular formula is C46H28N2O2. The Morgan fingerprint density at radius 2 is 0.920 bits per heavy atom. The first-order valence-electron chi connectivity index (χ1n) is 16.9. The Kier molecular flexibility index (Phi) is 5.63. The van der Waals surface area contributed by atoms with Crippen molar-refractivity contribution < 1.29 is 8.83 Å². The van der Waals surface area contributed by atoms with Crippen LogP contribution < -0.4 is 4.90 Å². The van der Waals surface area contributed by atoms with Gasteiger partial charge in [0.1, 0.15) is 22.3 Å². The van der Waals surface area contributed by atoms with Gasteiger partial charge in [-0.1, -0.05) is 84.9 Å². The van der Waals surface area contributed by atoms with E-state index in [4.69, 9.17) is 8.83 Å². The van der Waals surface area contributed by atoms with Crippen molar-refractivity contribution in [2.24, 2.45) is 0 Å². The van der Waals surface area contributed by atoms with Crippen molar-refractivity contribution in [3.63, 3.8) is 0 Å². The van der Waals surface area contributed by atoms with E-state index in [1.807, 2.05) is 24.3 Å². The lowest BCUT2D eigenvalue weighted by molar-refractivity contribution is 0.668. The molecule has 0 fully saturated rings. The second-order valence-corrected chi connectivity index (χ2v) is 13.0. The van der Waals surface area contributed by atoms with Crippen LogP contribution in [0.1, 0.15) is 0 Å². The lowest BCUT2D eigenvalue weighted by atomic mass is 10.0. The van der Waals surface area contributed by atoms with Crippen molar-refractivity contribution >= 4 is 93.5 Å². The van der Waals surface area contributed by atoms with E-state index in [0.29, 0.717) is 0 Å². The molecule has 0 spiro atoms. The number of furan rings is 2. The molecule has 3 aromatic heterocycles. The average Bonchev–Trinajstić information content (AvgIpc) is 3.83. The van der Waals surface area contributed by atoms with Crippen LogP contribution in [0, 0.1) is 0 Å². The maximum Gasteiger partial charge on any atom is 0.136 e. The molecule has 0 amide bonds. The molecule has 0 N–H and O–H groups in total. The molecule has 4 heteroatoms. The number of hydrogen-bond acceptors (Lipinski definition) is 3. The first-order chi connectivity index (χ1) is 24.8. The minimum absolute atomic E-state index is 0.875. The number of fused-ring (bicyclic) bond motifs is 10. The molecule has 0 bridgehead atoms. The highest BCUT2D eigenvalue weighted by atomic mass is 16.3. The molecule has 0 radical (unpaired) electrons. The van der Waals surface area contributed by atoms with E-state index in [1.165, 1.54) is 21.7 Å². The summed E-state index contributed by atoms with van der Waals surface area (Å²) in [4.78, 5) is 2.36. The zero-order valence-electron chi connectivity index (χ0n) is 26.9. The molecule has 50 heavy (non-hydrogen) atoms. The van der Waals surface area contributed by atoms with Crippen LogP contribution in [0.2, 0.25) is 0 Å². The van der Waals surface area contributed by atoms with E-state index in [2.05, 4.69) is 155 Å². The highest BCUT2D eigenvalue weighted by Gasteiger charge is 2.20. The van der Waals surface area contributed by atoms with E-state index in [0.717, 1.165) is 77.5 Å². The summed E-state index contributed by atoms with van der Waals surface area (Å²) in [5.41, 5.74) is 10.2. The largest absolute Gasteiger partial charge is 0.456 e. The zero-order valence-corrected chi connectivity index (χ0v) is 26.9. The third-order valence-corrected chi connectivity index (χ3v) is 10.1. The van der Waals surface area contributed by atoms with E-state index < -0.39 is 0 Å². The fourth-order valence-corrected chi connectivity index (χ4v) is 7.85. The van der Waals surface area contributed by atoms with Crippen molar-refractivity contribution in [2.75, 3.05) is 4.90 Å². The molecule has 11 aromatic rings. The van der Waals surface area contributed by atoms with Gasteiger partial charge in [-0.3, -0.25) is 0 Å². The van der Waals surface area contributed by atoms with Crippen LogP contribution in [0.15, 0.2) is 179 Å². The van der Waals surface area contributed by atoms with E-state index in [-0.39, 0.29) is 0 Å². The highest BCUT2D eigenvalue weighted by Crippen LogP contribution is 2.43. The number of benzene rings is 8. The van der Waals surface area contributed by atoms with Gasteiger partial charge in [0, 0.05) is 55.1 Å². The van der Waals surface area contributed by atoms with Crippen molar-refractivity contribution in [3.8, 4) is 5.69 Å². The first kappa shape index (κ1) is 27.2. The van der Waals surface area contributed by atoms with Crippen LogP contribution in [-0.2, 0) is 0 Å². The van der Waals surface area contributed by atoms with Crippen LogP contribution in [-0.4, -0.2) is 4.57 Å². The van der Waals surface area contributed by atoms with Gasteiger partial charge in [0.05, 0.1) is 11.0 Å². The molecule has 0 saturated carbocycles. The lowest BCUT2D eigenvalue weighted by Crippen LogP contribution is -2.10. The third-order valence-electron chi connectivity index (χ3n) is 10.1. The van der Waals surface area contributed by atoms with Gasteiger partial charge in [0.25, 0.3) is 0 Å².